The van der Waals surface area contributed by atoms with Crippen molar-refractivity contribution in [2.45, 2.75) is 6.92 Å². The zero-order chi connectivity index (χ0) is 19.5. The number of benzene rings is 1. The molecule has 1 N–H and O–H groups in total. The minimum atomic E-state index is -0.153. The minimum absolute atomic E-state index is 0.153. The number of carbonyl (C=O) groups excluding carboxylic acids is 1. The van der Waals surface area contributed by atoms with E-state index in [0.29, 0.717) is 18.1 Å². The molecule has 1 aliphatic heterocycles. The van der Waals surface area contributed by atoms with Gasteiger partial charge in [-0.25, -0.2) is 9.97 Å². The summed E-state index contributed by atoms with van der Waals surface area (Å²) in [5.41, 5.74) is 2.06. The highest BCUT2D eigenvalue weighted by molar-refractivity contribution is 8.03. The minimum Gasteiger partial charge on any atom is -0.497 e. The number of nitrogens with zero attached hydrogens (tertiary/aromatic N) is 3. The Morgan fingerprint density at radius 3 is 2.86 bits per heavy atom. The fourth-order valence-electron chi connectivity index (χ4n) is 2.68. The van der Waals surface area contributed by atoms with E-state index in [2.05, 4.69) is 15.3 Å². The van der Waals surface area contributed by atoms with Crippen molar-refractivity contribution in [3.63, 3.8) is 0 Å². The van der Waals surface area contributed by atoms with E-state index >= 15 is 0 Å². The third kappa shape index (κ3) is 4.05. The number of rotatable bonds is 5. The van der Waals surface area contributed by atoms with E-state index < -0.39 is 0 Å². The van der Waals surface area contributed by atoms with Crippen LogP contribution in [0.5, 0.6) is 5.75 Å². The summed E-state index contributed by atoms with van der Waals surface area (Å²) in [4.78, 5) is 23.1. The van der Waals surface area contributed by atoms with E-state index in [4.69, 9.17) is 9.15 Å². The van der Waals surface area contributed by atoms with Gasteiger partial charge in [0.2, 0.25) is 0 Å². The summed E-state index contributed by atoms with van der Waals surface area (Å²) in [6.07, 6.45) is 3.33. The first kappa shape index (κ1) is 18.6. The van der Waals surface area contributed by atoms with E-state index in [1.807, 2.05) is 35.7 Å². The molecule has 28 heavy (non-hydrogen) atoms. The predicted octanol–water partition coefficient (Wildman–Crippen LogP) is 4.38. The van der Waals surface area contributed by atoms with Gasteiger partial charge in [-0.1, -0.05) is 0 Å². The summed E-state index contributed by atoms with van der Waals surface area (Å²) in [6, 6.07) is 7.66. The SMILES string of the molecule is COc1ccc(Nc2nc(/C=C3/SCCN3C(=O)c3coc(C)n3)cs2)cc1. The molecule has 0 bridgehead atoms. The van der Waals surface area contributed by atoms with Gasteiger partial charge in [-0.2, -0.15) is 0 Å². The number of thioether (sulfide) groups is 1. The van der Waals surface area contributed by atoms with Crippen LogP contribution in [-0.4, -0.2) is 40.2 Å². The van der Waals surface area contributed by atoms with Crippen LogP contribution in [0.1, 0.15) is 22.1 Å². The van der Waals surface area contributed by atoms with E-state index in [-0.39, 0.29) is 5.91 Å². The number of aryl methyl sites for hydroxylation is 1. The van der Waals surface area contributed by atoms with Crippen LogP contribution in [0.2, 0.25) is 0 Å². The largest absolute Gasteiger partial charge is 0.497 e. The Kier molecular flexibility index (Phi) is 5.36. The third-order valence-electron chi connectivity index (χ3n) is 4.05. The van der Waals surface area contributed by atoms with Crippen molar-refractivity contribution < 1.29 is 13.9 Å². The van der Waals surface area contributed by atoms with Crippen LogP contribution in [-0.2, 0) is 0 Å². The van der Waals surface area contributed by atoms with E-state index in [9.17, 15) is 4.79 Å². The number of nitrogens with one attached hydrogen (secondary N) is 1. The van der Waals surface area contributed by atoms with Gasteiger partial charge >= 0.3 is 0 Å². The summed E-state index contributed by atoms with van der Waals surface area (Å²) in [5.74, 6) is 1.98. The molecule has 1 amide bonds. The first-order valence-corrected chi connectivity index (χ1v) is 10.4. The lowest BCUT2D eigenvalue weighted by Crippen LogP contribution is -2.27. The molecule has 0 spiro atoms. The van der Waals surface area contributed by atoms with Crippen LogP contribution < -0.4 is 10.1 Å². The lowest BCUT2D eigenvalue weighted by atomic mass is 10.3. The Morgan fingerprint density at radius 1 is 1.32 bits per heavy atom. The molecule has 0 atom stereocenters. The van der Waals surface area contributed by atoms with Gasteiger partial charge in [0.25, 0.3) is 5.91 Å². The summed E-state index contributed by atoms with van der Waals surface area (Å²) < 4.78 is 10.3. The number of hydrogen-bond donors (Lipinski definition) is 1. The smallest absolute Gasteiger partial charge is 0.280 e. The normalized spacial score (nSPS) is 15.2. The van der Waals surface area contributed by atoms with Crippen molar-refractivity contribution in [2.24, 2.45) is 0 Å². The molecule has 1 fully saturated rings. The molecular formula is C19H18N4O3S2. The van der Waals surface area contributed by atoms with Crippen LogP contribution >= 0.6 is 23.1 Å². The maximum absolute atomic E-state index is 12.7. The van der Waals surface area contributed by atoms with Crippen LogP contribution in [0, 0.1) is 6.92 Å². The van der Waals surface area contributed by atoms with Crippen molar-refractivity contribution in [1.29, 1.82) is 0 Å². The second-order valence-corrected chi connectivity index (χ2v) is 7.94. The van der Waals surface area contributed by atoms with Crippen molar-refractivity contribution in [3.8, 4) is 5.75 Å². The second-order valence-electron chi connectivity index (χ2n) is 5.97. The Hall–Kier alpha value is -2.78. The van der Waals surface area contributed by atoms with Gasteiger partial charge in [-0.05, 0) is 30.3 Å². The molecule has 0 saturated carbocycles. The summed E-state index contributed by atoms with van der Waals surface area (Å²) in [5, 5.41) is 6.88. The Bertz CT molecular complexity index is 1010. The van der Waals surface area contributed by atoms with Crippen LogP contribution in [0.4, 0.5) is 10.8 Å². The van der Waals surface area contributed by atoms with Gasteiger partial charge in [0.15, 0.2) is 16.7 Å². The summed E-state index contributed by atoms with van der Waals surface area (Å²) in [6.45, 7) is 2.36. The molecule has 4 rings (SSSR count). The number of thiazole rings is 1. The molecule has 9 heteroatoms. The van der Waals surface area contributed by atoms with Gasteiger partial charge in [0, 0.05) is 30.3 Å². The number of amides is 1. The van der Waals surface area contributed by atoms with Crippen LogP contribution in [0.15, 0.2) is 45.4 Å². The van der Waals surface area contributed by atoms with Crippen molar-refractivity contribution in [2.75, 3.05) is 24.7 Å². The number of anilines is 2. The van der Waals surface area contributed by atoms with Gasteiger partial charge in [0.05, 0.1) is 17.8 Å². The molecule has 0 radical (unpaired) electrons. The van der Waals surface area contributed by atoms with E-state index in [1.54, 1.807) is 30.7 Å². The number of aromatic nitrogens is 2. The predicted molar refractivity (Wildman–Crippen MR) is 111 cm³/mol. The number of methoxy groups -OCH3 is 1. The van der Waals surface area contributed by atoms with Crippen molar-refractivity contribution in [1.82, 2.24) is 14.9 Å². The molecule has 0 unspecified atom stereocenters. The topological polar surface area (TPSA) is 80.5 Å². The second kappa shape index (κ2) is 8.07. The molecule has 0 aliphatic carbocycles. The summed E-state index contributed by atoms with van der Waals surface area (Å²) in [7, 11) is 1.64. The van der Waals surface area contributed by atoms with Crippen molar-refractivity contribution in [3.05, 3.63) is 58.2 Å². The molecule has 144 valence electrons. The quantitative estimate of drug-likeness (QED) is 0.663. The molecule has 3 heterocycles. The fourth-order valence-corrected chi connectivity index (χ4v) is 4.39. The molecule has 1 saturated heterocycles. The average Bonchev–Trinajstić information content (AvgIpc) is 3.44. The first-order chi connectivity index (χ1) is 13.6. The molecule has 2 aromatic heterocycles. The van der Waals surface area contributed by atoms with Gasteiger partial charge in [-0.3, -0.25) is 4.79 Å². The molecule has 3 aromatic rings. The Labute approximate surface area is 170 Å². The molecule has 1 aliphatic rings. The number of hydrogen-bond acceptors (Lipinski definition) is 8. The van der Waals surface area contributed by atoms with Gasteiger partial charge in [0.1, 0.15) is 12.0 Å². The van der Waals surface area contributed by atoms with Crippen LogP contribution in [0.3, 0.4) is 0 Å². The monoisotopic (exact) mass is 414 g/mol. The molecular weight excluding hydrogens is 396 g/mol. The van der Waals surface area contributed by atoms with Gasteiger partial charge in [-0.15, -0.1) is 23.1 Å². The standard InChI is InChI=1S/C19H18N4O3S2/c1-12-20-16(10-26-12)18(24)23-7-8-27-17(23)9-14-11-28-19(22-14)21-13-3-5-15(25-2)6-4-13/h3-6,9-11H,7-8H2,1-2H3,(H,21,22)/b17-9+. The highest BCUT2D eigenvalue weighted by atomic mass is 32.2. The average molecular weight is 415 g/mol. The van der Waals surface area contributed by atoms with Gasteiger partial charge < -0.3 is 19.4 Å². The maximum Gasteiger partial charge on any atom is 0.280 e. The summed E-state index contributed by atoms with van der Waals surface area (Å²) >= 11 is 3.14. The molecule has 1 aromatic carbocycles. The van der Waals surface area contributed by atoms with E-state index in [1.165, 1.54) is 17.6 Å². The Morgan fingerprint density at radius 2 is 2.14 bits per heavy atom. The lowest BCUT2D eigenvalue weighted by molar-refractivity contribution is 0.0825. The molecule has 7 nitrogen and oxygen atoms in total. The zero-order valence-electron chi connectivity index (χ0n) is 15.3. The third-order valence-corrected chi connectivity index (χ3v) is 5.85. The first-order valence-electron chi connectivity index (χ1n) is 8.57. The highest BCUT2D eigenvalue weighted by Gasteiger charge is 2.27. The van der Waals surface area contributed by atoms with Crippen LogP contribution in [0.25, 0.3) is 6.08 Å². The van der Waals surface area contributed by atoms with Crippen molar-refractivity contribution >= 4 is 45.9 Å². The Balaban J connectivity index is 1.48. The zero-order valence-corrected chi connectivity index (χ0v) is 17.0. The lowest BCUT2D eigenvalue weighted by Gasteiger charge is -2.14. The number of ether oxygens (including phenoxy) is 1. The highest BCUT2D eigenvalue weighted by Crippen LogP contribution is 2.32. The maximum atomic E-state index is 12.7. The fraction of sp³-hybridized carbons (Fsp3) is 0.211. The van der Waals surface area contributed by atoms with E-state index in [0.717, 1.165) is 33.0 Å². The number of carbonyl (C=O) groups is 1. The number of oxazole rings is 1.